The number of carboxylic acid groups (broad SMARTS) is 1. The first-order valence-corrected chi connectivity index (χ1v) is 7.72. The number of rotatable bonds is 6. The smallest absolute Gasteiger partial charge is 0.335 e. The molecule has 0 bridgehead atoms. The lowest BCUT2D eigenvalue weighted by molar-refractivity contribution is 0.0696. The largest absolute Gasteiger partial charge is 0.491 e. The number of halogens is 1. The van der Waals surface area contributed by atoms with Gasteiger partial charge in [0.1, 0.15) is 5.75 Å². The zero-order valence-electron chi connectivity index (χ0n) is 12.4. The lowest BCUT2D eigenvalue weighted by atomic mass is 10.1. The average molecular weight is 379 g/mol. The summed E-state index contributed by atoms with van der Waals surface area (Å²) in [5.74, 6) is -1.05. The third-order valence-electron chi connectivity index (χ3n) is 2.90. The molecule has 0 fully saturated rings. The van der Waals surface area contributed by atoms with Gasteiger partial charge < -0.3 is 15.2 Å². The van der Waals surface area contributed by atoms with Crippen molar-refractivity contribution in [2.24, 2.45) is 0 Å². The van der Waals surface area contributed by atoms with Crippen LogP contribution >= 0.6 is 15.9 Å². The van der Waals surface area contributed by atoms with Crippen molar-refractivity contribution in [2.75, 3.05) is 11.9 Å². The molecule has 0 unspecified atom stereocenters. The van der Waals surface area contributed by atoms with Gasteiger partial charge >= 0.3 is 5.97 Å². The molecule has 0 saturated carbocycles. The Bertz CT molecular complexity index is 734. The Morgan fingerprint density at radius 1 is 1.26 bits per heavy atom. The number of benzene rings is 1. The third kappa shape index (κ3) is 4.53. The minimum Gasteiger partial charge on any atom is -0.491 e. The Morgan fingerprint density at radius 3 is 2.70 bits per heavy atom. The number of carboxylic acids is 1. The van der Waals surface area contributed by atoms with Gasteiger partial charge in [-0.2, -0.15) is 0 Å². The van der Waals surface area contributed by atoms with Crippen LogP contribution < -0.4 is 10.1 Å². The van der Waals surface area contributed by atoms with Gasteiger partial charge in [-0.25, -0.2) is 4.79 Å². The summed E-state index contributed by atoms with van der Waals surface area (Å²) in [6.45, 7) is 2.42. The van der Waals surface area contributed by atoms with Crippen LogP contribution in [0.2, 0.25) is 0 Å². The molecular weight excluding hydrogens is 364 g/mol. The van der Waals surface area contributed by atoms with Crippen molar-refractivity contribution < 1.29 is 19.4 Å². The van der Waals surface area contributed by atoms with E-state index in [2.05, 4.69) is 26.2 Å². The monoisotopic (exact) mass is 378 g/mol. The van der Waals surface area contributed by atoms with Crippen molar-refractivity contribution in [2.45, 2.75) is 13.3 Å². The Labute approximate surface area is 141 Å². The van der Waals surface area contributed by atoms with E-state index in [1.807, 2.05) is 6.92 Å². The highest BCUT2D eigenvalue weighted by molar-refractivity contribution is 9.10. The maximum atomic E-state index is 12.3. The van der Waals surface area contributed by atoms with Gasteiger partial charge in [0.15, 0.2) is 0 Å². The standard InChI is InChI=1S/C16H15BrN2O4/c1-2-5-23-14-4-3-10(16(21)22)7-13(14)19-15(20)11-6-12(17)9-18-8-11/h3-4,6-9H,2,5H2,1H3,(H,19,20)(H,21,22). The van der Waals surface area contributed by atoms with Crippen LogP contribution in [0.3, 0.4) is 0 Å². The molecule has 1 heterocycles. The highest BCUT2D eigenvalue weighted by Gasteiger charge is 2.14. The fourth-order valence-corrected chi connectivity index (χ4v) is 2.19. The predicted molar refractivity (Wildman–Crippen MR) is 89.1 cm³/mol. The topological polar surface area (TPSA) is 88.5 Å². The van der Waals surface area contributed by atoms with E-state index in [4.69, 9.17) is 9.84 Å². The van der Waals surface area contributed by atoms with Crippen molar-refractivity contribution in [1.82, 2.24) is 4.98 Å². The quantitative estimate of drug-likeness (QED) is 0.801. The third-order valence-corrected chi connectivity index (χ3v) is 3.34. The van der Waals surface area contributed by atoms with Gasteiger partial charge in [0, 0.05) is 16.9 Å². The summed E-state index contributed by atoms with van der Waals surface area (Å²) >= 11 is 3.25. The summed E-state index contributed by atoms with van der Waals surface area (Å²) < 4.78 is 6.22. The van der Waals surface area contributed by atoms with Gasteiger partial charge in [-0.15, -0.1) is 0 Å². The summed E-state index contributed by atoms with van der Waals surface area (Å²) in [7, 11) is 0. The first-order valence-electron chi connectivity index (χ1n) is 6.93. The number of carbonyl (C=O) groups excluding carboxylic acids is 1. The molecule has 2 aromatic rings. The molecule has 1 aromatic carbocycles. The van der Waals surface area contributed by atoms with Gasteiger partial charge in [-0.05, 0) is 46.6 Å². The number of aromatic nitrogens is 1. The molecular formula is C16H15BrN2O4. The SMILES string of the molecule is CCCOc1ccc(C(=O)O)cc1NC(=O)c1cncc(Br)c1. The molecule has 120 valence electrons. The van der Waals surface area contributed by atoms with Gasteiger partial charge in [0.25, 0.3) is 5.91 Å². The molecule has 23 heavy (non-hydrogen) atoms. The summed E-state index contributed by atoms with van der Waals surface area (Å²) in [6, 6.07) is 5.96. The molecule has 0 aliphatic heterocycles. The second-order valence-corrected chi connectivity index (χ2v) is 5.63. The van der Waals surface area contributed by atoms with E-state index in [9.17, 15) is 9.59 Å². The zero-order chi connectivity index (χ0) is 16.8. The number of aromatic carboxylic acids is 1. The van der Waals surface area contributed by atoms with Crippen molar-refractivity contribution in [1.29, 1.82) is 0 Å². The number of hydrogen-bond donors (Lipinski definition) is 2. The second-order valence-electron chi connectivity index (χ2n) is 4.71. The van der Waals surface area contributed by atoms with Crippen LogP contribution in [0.15, 0.2) is 41.1 Å². The fraction of sp³-hybridized carbons (Fsp3) is 0.188. The predicted octanol–water partition coefficient (Wildman–Crippen LogP) is 3.58. The van der Waals surface area contributed by atoms with Crippen LogP contribution in [0.25, 0.3) is 0 Å². The molecule has 2 N–H and O–H groups in total. The summed E-state index contributed by atoms with van der Waals surface area (Å²) in [4.78, 5) is 27.3. The van der Waals surface area contributed by atoms with E-state index in [1.54, 1.807) is 12.3 Å². The molecule has 1 aromatic heterocycles. The maximum absolute atomic E-state index is 12.3. The average Bonchev–Trinajstić information content (AvgIpc) is 2.53. The molecule has 0 aliphatic rings. The maximum Gasteiger partial charge on any atom is 0.335 e. The van der Waals surface area contributed by atoms with E-state index in [0.717, 1.165) is 6.42 Å². The van der Waals surface area contributed by atoms with Crippen molar-refractivity contribution in [3.63, 3.8) is 0 Å². The number of hydrogen-bond acceptors (Lipinski definition) is 4. The fourth-order valence-electron chi connectivity index (χ4n) is 1.83. The Kier molecular flexibility index (Phi) is 5.70. The lowest BCUT2D eigenvalue weighted by Crippen LogP contribution is -2.14. The number of carbonyl (C=O) groups is 2. The lowest BCUT2D eigenvalue weighted by Gasteiger charge is -2.13. The van der Waals surface area contributed by atoms with E-state index in [1.165, 1.54) is 24.4 Å². The number of anilines is 1. The molecule has 1 amide bonds. The molecule has 6 nitrogen and oxygen atoms in total. The number of ether oxygens (including phenoxy) is 1. The Balaban J connectivity index is 2.29. The highest BCUT2D eigenvalue weighted by Crippen LogP contribution is 2.27. The van der Waals surface area contributed by atoms with Crippen LogP contribution in [0.4, 0.5) is 5.69 Å². The first kappa shape index (κ1) is 17.0. The molecule has 2 rings (SSSR count). The minimum absolute atomic E-state index is 0.0662. The molecule has 7 heteroatoms. The van der Waals surface area contributed by atoms with E-state index in [0.29, 0.717) is 28.1 Å². The molecule has 0 atom stereocenters. The van der Waals surface area contributed by atoms with Crippen molar-refractivity contribution in [3.05, 3.63) is 52.3 Å². The summed E-state index contributed by atoms with van der Waals surface area (Å²) in [5.41, 5.74) is 0.724. The Hall–Kier alpha value is -2.41. The molecule has 0 saturated heterocycles. The van der Waals surface area contributed by atoms with Crippen LogP contribution in [0, 0.1) is 0 Å². The number of nitrogens with zero attached hydrogens (tertiary/aromatic N) is 1. The minimum atomic E-state index is -1.08. The van der Waals surface area contributed by atoms with Crippen molar-refractivity contribution >= 4 is 33.5 Å². The van der Waals surface area contributed by atoms with Gasteiger partial charge in [-0.3, -0.25) is 9.78 Å². The summed E-state index contributed by atoms with van der Waals surface area (Å²) in [5, 5.41) is 11.8. The van der Waals surface area contributed by atoms with Gasteiger partial charge in [0.05, 0.1) is 23.4 Å². The number of pyridine rings is 1. The highest BCUT2D eigenvalue weighted by atomic mass is 79.9. The van der Waals surface area contributed by atoms with Crippen molar-refractivity contribution in [3.8, 4) is 5.75 Å². The van der Waals surface area contributed by atoms with Crippen LogP contribution in [0.5, 0.6) is 5.75 Å². The van der Waals surface area contributed by atoms with E-state index in [-0.39, 0.29) is 5.56 Å². The van der Waals surface area contributed by atoms with E-state index < -0.39 is 11.9 Å². The number of amides is 1. The van der Waals surface area contributed by atoms with Gasteiger partial charge in [-0.1, -0.05) is 6.92 Å². The Morgan fingerprint density at radius 2 is 2.04 bits per heavy atom. The first-order chi connectivity index (χ1) is 11.0. The van der Waals surface area contributed by atoms with Crippen LogP contribution in [-0.2, 0) is 0 Å². The zero-order valence-corrected chi connectivity index (χ0v) is 14.0. The second kappa shape index (κ2) is 7.73. The molecule has 0 spiro atoms. The van der Waals surface area contributed by atoms with E-state index >= 15 is 0 Å². The molecule has 0 radical (unpaired) electrons. The summed E-state index contributed by atoms with van der Waals surface area (Å²) in [6.07, 6.45) is 3.79. The molecule has 0 aliphatic carbocycles. The van der Waals surface area contributed by atoms with Crippen LogP contribution in [0.1, 0.15) is 34.1 Å². The normalized spacial score (nSPS) is 10.2. The van der Waals surface area contributed by atoms with Gasteiger partial charge in [0.2, 0.25) is 0 Å². The van der Waals surface area contributed by atoms with Crippen LogP contribution in [-0.4, -0.2) is 28.6 Å². The number of nitrogens with one attached hydrogen (secondary N) is 1.